The Hall–Kier alpha value is -1.56. The summed E-state index contributed by atoms with van der Waals surface area (Å²) in [6, 6.07) is 7.33. The number of halogens is 3. The summed E-state index contributed by atoms with van der Waals surface area (Å²) in [5, 5.41) is 0.915. The summed E-state index contributed by atoms with van der Waals surface area (Å²) < 4.78 is 2.60. The fourth-order valence-corrected chi connectivity index (χ4v) is 2.82. The molecular formula is C14H9BrCl2N4. The van der Waals surface area contributed by atoms with Crippen molar-refractivity contribution in [1.29, 1.82) is 0 Å². The van der Waals surface area contributed by atoms with Crippen LogP contribution in [-0.2, 0) is 0 Å². The zero-order valence-electron chi connectivity index (χ0n) is 10.6. The summed E-state index contributed by atoms with van der Waals surface area (Å²) >= 11 is 15.9. The summed E-state index contributed by atoms with van der Waals surface area (Å²) in [6.07, 6.45) is 5.10. The molecule has 0 saturated carbocycles. The van der Waals surface area contributed by atoms with Gasteiger partial charge in [0.05, 0.1) is 34.0 Å². The van der Waals surface area contributed by atoms with Crippen molar-refractivity contribution in [3.05, 3.63) is 57.5 Å². The first kappa shape index (κ1) is 14.4. The molecule has 0 bridgehead atoms. The Labute approximate surface area is 139 Å². The first-order valence-electron chi connectivity index (χ1n) is 5.96. The fourth-order valence-electron chi connectivity index (χ4n) is 1.96. The second kappa shape index (κ2) is 5.67. The molecule has 0 fully saturated rings. The van der Waals surface area contributed by atoms with Gasteiger partial charge in [-0.1, -0.05) is 23.2 Å². The minimum Gasteiger partial charge on any atom is -0.384 e. The van der Waals surface area contributed by atoms with E-state index in [1.165, 1.54) is 0 Å². The Morgan fingerprint density at radius 1 is 1.05 bits per heavy atom. The summed E-state index contributed by atoms with van der Waals surface area (Å²) in [6.45, 7) is 0. The number of imidazole rings is 1. The van der Waals surface area contributed by atoms with Crippen LogP contribution in [0.15, 0.2) is 47.5 Å². The number of nitrogen functional groups attached to an aromatic ring is 1. The standard InChI is InChI=1S/C14H9BrCl2N4/c15-9-2-3-10(14(17)13(9)16)21-7-19-6-11(21)8-1-4-12(18)20-5-8/h1-7H,(H2,18,20). The second-order valence-electron chi connectivity index (χ2n) is 4.32. The van der Waals surface area contributed by atoms with Crippen LogP contribution in [0.1, 0.15) is 0 Å². The zero-order chi connectivity index (χ0) is 15.0. The Morgan fingerprint density at radius 3 is 2.57 bits per heavy atom. The molecule has 4 nitrogen and oxygen atoms in total. The first-order valence-corrected chi connectivity index (χ1v) is 7.51. The van der Waals surface area contributed by atoms with E-state index in [4.69, 9.17) is 28.9 Å². The number of hydrogen-bond acceptors (Lipinski definition) is 3. The Morgan fingerprint density at radius 2 is 1.86 bits per heavy atom. The van der Waals surface area contributed by atoms with Gasteiger partial charge in [0.25, 0.3) is 0 Å². The van der Waals surface area contributed by atoms with E-state index in [2.05, 4.69) is 25.9 Å². The van der Waals surface area contributed by atoms with Crippen LogP contribution < -0.4 is 5.73 Å². The molecule has 0 amide bonds. The topological polar surface area (TPSA) is 56.7 Å². The van der Waals surface area contributed by atoms with Crippen molar-refractivity contribution >= 4 is 44.9 Å². The van der Waals surface area contributed by atoms with Crippen LogP contribution in [0.25, 0.3) is 16.9 Å². The molecular weight excluding hydrogens is 375 g/mol. The molecule has 2 N–H and O–H groups in total. The molecule has 0 spiro atoms. The summed E-state index contributed by atoms with van der Waals surface area (Å²) in [5.74, 6) is 0.467. The van der Waals surface area contributed by atoms with Gasteiger partial charge in [-0.3, -0.25) is 4.57 Å². The lowest BCUT2D eigenvalue weighted by atomic mass is 10.2. The van der Waals surface area contributed by atoms with Gasteiger partial charge in [0.15, 0.2) is 0 Å². The normalized spacial score (nSPS) is 10.8. The molecule has 106 valence electrons. The van der Waals surface area contributed by atoms with Gasteiger partial charge in [0, 0.05) is 16.2 Å². The number of nitrogens with two attached hydrogens (primary N) is 1. The molecule has 21 heavy (non-hydrogen) atoms. The minimum atomic E-state index is 0.452. The highest BCUT2D eigenvalue weighted by molar-refractivity contribution is 9.10. The van der Waals surface area contributed by atoms with Crippen molar-refractivity contribution in [1.82, 2.24) is 14.5 Å². The smallest absolute Gasteiger partial charge is 0.123 e. The number of rotatable bonds is 2. The molecule has 2 heterocycles. The molecule has 3 aromatic rings. The summed E-state index contributed by atoms with van der Waals surface area (Å²) in [5.41, 5.74) is 8.09. The highest BCUT2D eigenvalue weighted by Gasteiger charge is 2.14. The average Bonchev–Trinajstić information content (AvgIpc) is 2.95. The molecule has 0 saturated heterocycles. The number of anilines is 1. The molecule has 0 atom stereocenters. The SMILES string of the molecule is Nc1ccc(-c2cncn2-c2ccc(Br)c(Cl)c2Cl)cn1. The van der Waals surface area contributed by atoms with Gasteiger partial charge in [-0.05, 0) is 40.2 Å². The predicted molar refractivity (Wildman–Crippen MR) is 88.9 cm³/mol. The van der Waals surface area contributed by atoms with E-state index in [1.54, 1.807) is 24.8 Å². The third-order valence-corrected chi connectivity index (χ3v) is 4.76. The Bertz CT molecular complexity index is 799. The summed E-state index contributed by atoms with van der Waals surface area (Å²) in [4.78, 5) is 8.28. The lowest BCUT2D eigenvalue weighted by molar-refractivity contribution is 1.06. The van der Waals surface area contributed by atoms with Crippen molar-refractivity contribution in [2.24, 2.45) is 0 Å². The van der Waals surface area contributed by atoms with Crippen molar-refractivity contribution in [2.45, 2.75) is 0 Å². The lowest BCUT2D eigenvalue weighted by Gasteiger charge is -2.12. The summed E-state index contributed by atoms with van der Waals surface area (Å²) in [7, 11) is 0. The maximum Gasteiger partial charge on any atom is 0.123 e. The highest BCUT2D eigenvalue weighted by atomic mass is 79.9. The van der Waals surface area contributed by atoms with Gasteiger partial charge in [-0.2, -0.15) is 0 Å². The van der Waals surface area contributed by atoms with Gasteiger partial charge in [0.1, 0.15) is 5.82 Å². The third kappa shape index (κ3) is 2.64. The third-order valence-electron chi connectivity index (χ3n) is 2.99. The van der Waals surface area contributed by atoms with Gasteiger partial charge < -0.3 is 5.73 Å². The minimum absolute atomic E-state index is 0.452. The van der Waals surface area contributed by atoms with E-state index in [1.807, 2.05) is 22.8 Å². The van der Waals surface area contributed by atoms with E-state index in [0.717, 1.165) is 21.4 Å². The quantitative estimate of drug-likeness (QED) is 0.658. The molecule has 0 unspecified atom stereocenters. The van der Waals surface area contributed by atoms with Crippen LogP contribution in [-0.4, -0.2) is 14.5 Å². The number of pyridine rings is 1. The van der Waals surface area contributed by atoms with Crippen molar-refractivity contribution < 1.29 is 0 Å². The lowest BCUT2D eigenvalue weighted by Crippen LogP contribution is -1.98. The van der Waals surface area contributed by atoms with Crippen LogP contribution in [0.2, 0.25) is 10.0 Å². The number of nitrogens with zero attached hydrogens (tertiary/aromatic N) is 3. The van der Waals surface area contributed by atoms with Crippen LogP contribution in [0.3, 0.4) is 0 Å². The first-order chi connectivity index (χ1) is 10.1. The molecule has 1 aromatic carbocycles. The van der Waals surface area contributed by atoms with E-state index in [0.29, 0.717) is 15.9 Å². The van der Waals surface area contributed by atoms with E-state index in [-0.39, 0.29) is 0 Å². The second-order valence-corrected chi connectivity index (χ2v) is 5.93. The fraction of sp³-hybridized carbons (Fsp3) is 0. The predicted octanol–water partition coefficient (Wildman–Crippen LogP) is 4.59. The van der Waals surface area contributed by atoms with Gasteiger partial charge in [-0.25, -0.2) is 9.97 Å². The average molecular weight is 384 g/mol. The van der Waals surface area contributed by atoms with Crippen LogP contribution in [0.5, 0.6) is 0 Å². The van der Waals surface area contributed by atoms with Crippen LogP contribution in [0.4, 0.5) is 5.82 Å². The van der Waals surface area contributed by atoms with E-state index < -0.39 is 0 Å². The zero-order valence-corrected chi connectivity index (χ0v) is 13.7. The van der Waals surface area contributed by atoms with Crippen LogP contribution in [0, 0.1) is 0 Å². The van der Waals surface area contributed by atoms with Gasteiger partial charge in [-0.15, -0.1) is 0 Å². The number of aromatic nitrogens is 3. The number of hydrogen-bond donors (Lipinski definition) is 1. The van der Waals surface area contributed by atoms with E-state index in [9.17, 15) is 0 Å². The van der Waals surface area contributed by atoms with E-state index >= 15 is 0 Å². The van der Waals surface area contributed by atoms with Crippen molar-refractivity contribution in [3.8, 4) is 16.9 Å². The molecule has 2 aromatic heterocycles. The molecule has 0 aliphatic heterocycles. The molecule has 7 heteroatoms. The van der Waals surface area contributed by atoms with Gasteiger partial charge >= 0.3 is 0 Å². The maximum atomic E-state index is 6.33. The maximum absolute atomic E-state index is 6.33. The molecule has 0 radical (unpaired) electrons. The number of benzene rings is 1. The highest BCUT2D eigenvalue weighted by Crippen LogP contribution is 2.36. The Kier molecular flexibility index (Phi) is 3.89. The van der Waals surface area contributed by atoms with Crippen LogP contribution >= 0.6 is 39.1 Å². The van der Waals surface area contributed by atoms with Crippen molar-refractivity contribution in [2.75, 3.05) is 5.73 Å². The molecule has 0 aliphatic rings. The Balaban J connectivity index is 2.16. The molecule has 3 rings (SSSR count). The van der Waals surface area contributed by atoms with Gasteiger partial charge in [0.2, 0.25) is 0 Å². The van der Waals surface area contributed by atoms with Crippen molar-refractivity contribution in [3.63, 3.8) is 0 Å². The largest absolute Gasteiger partial charge is 0.384 e. The molecule has 0 aliphatic carbocycles. The monoisotopic (exact) mass is 382 g/mol.